The molecule has 1 aromatic heterocycles. The summed E-state index contributed by atoms with van der Waals surface area (Å²) in [5.41, 5.74) is 2.73. The predicted molar refractivity (Wildman–Crippen MR) is 70.8 cm³/mol. The number of rotatable bonds is 5. The van der Waals surface area contributed by atoms with Crippen LogP contribution in [0.1, 0.15) is 30.1 Å². The highest BCUT2D eigenvalue weighted by atomic mass is 16.1. The van der Waals surface area contributed by atoms with Crippen molar-refractivity contribution in [1.29, 1.82) is 0 Å². The van der Waals surface area contributed by atoms with Crippen molar-refractivity contribution in [3.05, 3.63) is 30.1 Å². The first kappa shape index (κ1) is 11.4. The van der Waals surface area contributed by atoms with E-state index in [2.05, 4.69) is 21.8 Å². The fraction of sp³-hybridized carbons (Fsp3) is 0.429. The lowest BCUT2D eigenvalue weighted by Crippen LogP contribution is -2.24. The van der Waals surface area contributed by atoms with E-state index in [4.69, 9.17) is 0 Å². The number of fused-ring (bicyclic) bond motifs is 1. The van der Waals surface area contributed by atoms with Crippen LogP contribution in [0, 0.1) is 0 Å². The van der Waals surface area contributed by atoms with Crippen LogP contribution in [0.15, 0.2) is 24.5 Å². The van der Waals surface area contributed by atoms with E-state index in [9.17, 15) is 4.79 Å². The number of hydrogen-bond acceptors (Lipinski definition) is 3. The molecule has 0 aliphatic heterocycles. The van der Waals surface area contributed by atoms with E-state index in [1.54, 1.807) is 0 Å². The second-order valence-corrected chi connectivity index (χ2v) is 4.81. The van der Waals surface area contributed by atoms with Gasteiger partial charge in [0.2, 0.25) is 0 Å². The number of hydrogen-bond donors (Lipinski definition) is 1. The molecular weight excluding hydrogens is 226 g/mol. The van der Waals surface area contributed by atoms with E-state index in [0.717, 1.165) is 23.1 Å². The van der Waals surface area contributed by atoms with Gasteiger partial charge in [0.15, 0.2) is 5.78 Å². The highest BCUT2D eigenvalue weighted by Crippen LogP contribution is 2.19. The molecule has 1 heterocycles. The van der Waals surface area contributed by atoms with Crippen LogP contribution in [-0.4, -0.2) is 27.9 Å². The van der Waals surface area contributed by atoms with Crippen molar-refractivity contribution < 1.29 is 4.79 Å². The van der Waals surface area contributed by atoms with Gasteiger partial charge in [-0.05, 0) is 38.0 Å². The van der Waals surface area contributed by atoms with E-state index >= 15 is 0 Å². The molecule has 3 rings (SSSR count). The Bertz CT molecular complexity index is 584. The SMILES string of the molecule is CCn1cnc2cc(C(=O)CNC3CC3)ccc21. The lowest BCUT2D eigenvalue weighted by atomic mass is 10.1. The Kier molecular flexibility index (Phi) is 2.88. The Balaban J connectivity index is 1.81. The molecule has 0 radical (unpaired) electrons. The van der Waals surface area contributed by atoms with Gasteiger partial charge >= 0.3 is 0 Å². The van der Waals surface area contributed by atoms with Crippen molar-refractivity contribution in [1.82, 2.24) is 14.9 Å². The van der Waals surface area contributed by atoms with Crippen molar-refractivity contribution in [3.8, 4) is 0 Å². The highest BCUT2D eigenvalue weighted by molar-refractivity contribution is 6.00. The van der Waals surface area contributed by atoms with Crippen LogP contribution in [0.2, 0.25) is 0 Å². The number of nitrogens with one attached hydrogen (secondary N) is 1. The Hall–Kier alpha value is -1.68. The molecule has 0 atom stereocenters. The fourth-order valence-electron chi connectivity index (χ4n) is 2.12. The first-order chi connectivity index (χ1) is 8.78. The number of Topliss-reactive ketones (excluding diaryl/α,β-unsaturated/α-hetero) is 1. The van der Waals surface area contributed by atoms with Gasteiger partial charge in [-0.3, -0.25) is 4.79 Å². The Morgan fingerprint density at radius 2 is 2.33 bits per heavy atom. The van der Waals surface area contributed by atoms with Crippen molar-refractivity contribution >= 4 is 16.8 Å². The Morgan fingerprint density at radius 3 is 3.06 bits per heavy atom. The summed E-state index contributed by atoms with van der Waals surface area (Å²) in [6, 6.07) is 6.33. The number of carbonyl (C=O) groups excluding carboxylic acids is 1. The number of nitrogens with zero attached hydrogens (tertiary/aromatic N) is 2. The molecule has 18 heavy (non-hydrogen) atoms. The molecule has 1 fully saturated rings. The molecule has 1 aromatic carbocycles. The van der Waals surface area contributed by atoms with Crippen LogP contribution in [0.3, 0.4) is 0 Å². The number of aromatic nitrogens is 2. The molecular formula is C14H17N3O. The minimum Gasteiger partial charge on any atom is -0.331 e. The number of ketones is 1. The van der Waals surface area contributed by atoms with Crippen molar-refractivity contribution in [2.24, 2.45) is 0 Å². The smallest absolute Gasteiger partial charge is 0.176 e. The number of aryl methyl sites for hydroxylation is 1. The molecule has 0 saturated heterocycles. The van der Waals surface area contributed by atoms with Crippen LogP contribution >= 0.6 is 0 Å². The maximum atomic E-state index is 12.0. The lowest BCUT2D eigenvalue weighted by molar-refractivity contribution is 0.0990. The largest absolute Gasteiger partial charge is 0.331 e. The average Bonchev–Trinajstić information content (AvgIpc) is 3.14. The molecule has 2 aromatic rings. The third kappa shape index (κ3) is 2.16. The summed E-state index contributed by atoms with van der Waals surface area (Å²) in [6.45, 7) is 3.41. The molecule has 1 N–H and O–H groups in total. The van der Waals surface area contributed by atoms with Crippen molar-refractivity contribution in [2.45, 2.75) is 32.4 Å². The Morgan fingerprint density at radius 1 is 1.50 bits per heavy atom. The van der Waals surface area contributed by atoms with Gasteiger partial charge in [-0.2, -0.15) is 0 Å². The second-order valence-electron chi connectivity index (χ2n) is 4.81. The third-order valence-corrected chi connectivity index (χ3v) is 3.41. The average molecular weight is 243 g/mol. The maximum absolute atomic E-state index is 12.0. The van der Waals surface area contributed by atoms with Crippen LogP contribution in [0.4, 0.5) is 0 Å². The molecule has 4 heteroatoms. The Labute approximate surface area is 106 Å². The van der Waals surface area contributed by atoms with Gasteiger partial charge in [0.1, 0.15) is 0 Å². The highest BCUT2D eigenvalue weighted by Gasteiger charge is 2.21. The van der Waals surface area contributed by atoms with Gasteiger partial charge in [-0.1, -0.05) is 0 Å². The zero-order valence-corrected chi connectivity index (χ0v) is 10.5. The van der Waals surface area contributed by atoms with E-state index < -0.39 is 0 Å². The zero-order chi connectivity index (χ0) is 12.5. The molecule has 94 valence electrons. The van der Waals surface area contributed by atoms with Crippen LogP contribution < -0.4 is 5.32 Å². The normalized spacial score (nSPS) is 15.2. The molecule has 1 aliphatic carbocycles. The van der Waals surface area contributed by atoms with Crippen LogP contribution in [0.25, 0.3) is 11.0 Å². The summed E-state index contributed by atoms with van der Waals surface area (Å²) in [5, 5.41) is 3.24. The van der Waals surface area contributed by atoms with E-state index in [-0.39, 0.29) is 5.78 Å². The molecule has 0 amide bonds. The number of carbonyl (C=O) groups is 1. The molecule has 4 nitrogen and oxygen atoms in total. The third-order valence-electron chi connectivity index (χ3n) is 3.41. The molecule has 1 saturated carbocycles. The summed E-state index contributed by atoms with van der Waals surface area (Å²) >= 11 is 0. The lowest BCUT2D eigenvalue weighted by Gasteiger charge is -2.03. The zero-order valence-electron chi connectivity index (χ0n) is 10.5. The van der Waals surface area contributed by atoms with Gasteiger partial charge in [-0.25, -0.2) is 4.98 Å². The molecule has 1 aliphatic rings. The van der Waals surface area contributed by atoms with Gasteiger partial charge in [-0.15, -0.1) is 0 Å². The number of imidazole rings is 1. The van der Waals surface area contributed by atoms with Crippen LogP contribution in [-0.2, 0) is 6.54 Å². The summed E-state index contributed by atoms with van der Waals surface area (Å²) in [7, 11) is 0. The van der Waals surface area contributed by atoms with Gasteiger partial charge in [0, 0.05) is 18.2 Å². The summed E-state index contributed by atoms with van der Waals surface area (Å²) in [5.74, 6) is 0.148. The first-order valence-corrected chi connectivity index (χ1v) is 6.49. The van der Waals surface area contributed by atoms with Crippen LogP contribution in [0.5, 0.6) is 0 Å². The topological polar surface area (TPSA) is 46.9 Å². The second kappa shape index (κ2) is 4.53. The van der Waals surface area contributed by atoms with E-state index in [1.165, 1.54) is 12.8 Å². The van der Waals surface area contributed by atoms with Crippen molar-refractivity contribution in [3.63, 3.8) is 0 Å². The minimum atomic E-state index is 0.148. The molecule has 0 bridgehead atoms. The number of benzene rings is 1. The first-order valence-electron chi connectivity index (χ1n) is 6.49. The van der Waals surface area contributed by atoms with Crippen molar-refractivity contribution in [2.75, 3.05) is 6.54 Å². The quantitative estimate of drug-likeness (QED) is 0.817. The predicted octanol–water partition coefficient (Wildman–Crippen LogP) is 1.99. The summed E-state index contributed by atoms with van der Waals surface area (Å²) in [6.07, 6.45) is 4.22. The summed E-state index contributed by atoms with van der Waals surface area (Å²) in [4.78, 5) is 16.3. The van der Waals surface area contributed by atoms with Gasteiger partial charge in [0.05, 0.1) is 23.9 Å². The molecule has 0 unspecified atom stereocenters. The fourth-order valence-corrected chi connectivity index (χ4v) is 2.12. The minimum absolute atomic E-state index is 0.148. The van der Waals surface area contributed by atoms with E-state index in [0.29, 0.717) is 12.6 Å². The monoisotopic (exact) mass is 243 g/mol. The standard InChI is InChI=1S/C14H17N3O/c1-2-17-9-16-12-7-10(3-6-13(12)17)14(18)8-15-11-4-5-11/h3,6-7,9,11,15H,2,4-5,8H2,1H3. The van der Waals surface area contributed by atoms with E-state index in [1.807, 2.05) is 24.5 Å². The maximum Gasteiger partial charge on any atom is 0.176 e. The van der Waals surface area contributed by atoms with Gasteiger partial charge in [0.25, 0.3) is 0 Å². The van der Waals surface area contributed by atoms with Gasteiger partial charge < -0.3 is 9.88 Å². The summed E-state index contributed by atoms with van der Waals surface area (Å²) < 4.78 is 2.08. The molecule has 0 spiro atoms.